The van der Waals surface area contributed by atoms with Crippen LogP contribution in [0.5, 0.6) is 0 Å². The van der Waals surface area contributed by atoms with Crippen molar-refractivity contribution in [3.8, 4) is 0 Å². The molecule has 2 rings (SSSR count). The predicted octanol–water partition coefficient (Wildman–Crippen LogP) is 0.775. The molecule has 1 unspecified atom stereocenters. The number of nitrogens with one attached hydrogen (secondary N) is 3. The van der Waals surface area contributed by atoms with Crippen molar-refractivity contribution in [2.24, 2.45) is 5.73 Å². The highest BCUT2D eigenvalue weighted by atomic mass is 32.2. The van der Waals surface area contributed by atoms with E-state index in [2.05, 4.69) is 16.0 Å². The van der Waals surface area contributed by atoms with Crippen molar-refractivity contribution in [2.75, 3.05) is 38.7 Å². The Balaban J connectivity index is 1.73. The number of carbonyl (C=O) groups is 4. The lowest BCUT2D eigenvalue weighted by atomic mass is 10.0. The van der Waals surface area contributed by atoms with Crippen LogP contribution >= 0.6 is 23.5 Å². The quantitative estimate of drug-likeness (QED) is 0.178. The number of hydrogen-bond acceptors (Lipinski definition) is 8. The molecule has 2 saturated heterocycles. The largest absolute Gasteiger partial charge is 0.379 e. The van der Waals surface area contributed by atoms with Gasteiger partial charge in [-0.15, -0.1) is 0 Å². The molecule has 2 fully saturated rings. The van der Waals surface area contributed by atoms with Crippen molar-refractivity contribution in [3.05, 3.63) is 0 Å². The average Bonchev–Trinajstić information content (AvgIpc) is 3.30. The molecule has 0 aromatic rings. The fraction of sp³-hybridized carbons (Fsp3) is 0.810. The summed E-state index contributed by atoms with van der Waals surface area (Å²) in [4.78, 5) is 47.9. The Morgan fingerprint density at radius 1 is 1.21 bits per heavy atom. The third kappa shape index (κ3) is 8.99. The minimum absolute atomic E-state index is 0.0276. The van der Waals surface area contributed by atoms with Gasteiger partial charge >= 0.3 is 6.03 Å². The lowest BCUT2D eigenvalue weighted by Crippen LogP contribution is -2.51. The van der Waals surface area contributed by atoms with Gasteiger partial charge in [-0.2, -0.15) is 11.8 Å². The van der Waals surface area contributed by atoms with Crippen molar-refractivity contribution in [3.63, 3.8) is 0 Å². The Kier molecular flexibility index (Phi) is 11.8. The van der Waals surface area contributed by atoms with Crippen LogP contribution in [0, 0.1) is 0 Å². The zero-order valence-corrected chi connectivity index (χ0v) is 21.0. The maximum atomic E-state index is 12.4. The number of nitrogens with two attached hydrogens (primary N) is 1. The zero-order valence-electron chi connectivity index (χ0n) is 19.4. The van der Waals surface area contributed by atoms with Crippen LogP contribution in [0.4, 0.5) is 4.79 Å². The third-order valence-corrected chi connectivity index (χ3v) is 8.40. The van der Waals surface area contributed by atoms with E-state index in [9.17, 15) is 19.2 Å². The van der Waals surface area contributed by atoms with Gasteiger partial charge in [0.05, 0.1) is 25.3 Å². The van der Waals surface area contributed by atoms with Crippen molar-refractivity contribution in [1.82, 2.24) is 16.0 Å². The normalized spacial score (nSPS) is 23.3. The Labute approximate surface area is 203 Å². The first kappa shape index (κ1) is 27.7. The van der Waals surface area contributed by atoms with E-state index >= 15 is 0 Å². The zero-order chi connectivity index (χ0) is 24.3. The minimum Gasteiger partial charge on any atom is -0.379 e. The molecule has 10 nitrogen and oxygen atoms in total. The summed E-state index contributed by atoms with van der Waals surface area (Å²) in [5.74, 6) is 0.0682. The van der Waals surface area contributed by atoms with E-state index in [1.807, 2.05) is 18.7 Å². The highest BCUT2D eigenvalue weighted by Gasteiger charge is 2.42. The van der Waals surface area contributed by atoms with Crippen LogP contribution in [0.2, 0.25) is 0 Å². The summed E-state index contributed by atoms with van der Waals surface area (Å²) < 4.78 is 9.44. The highest BCUT2D eigenvalue weighted by molar-refractivity contribution is 8.15. The molecule has 5 N–H and O–H groups in total. The smallest absolute Gasteiger partial charge is 0.315 e. The van der Waals surface area contributed by atoms with Crippen LogP contribution < -0.4 is 21.7 Å². The summed E-state index contributed by atoms with van der Waals surface area (Å²) in [7, 11) is 0. The van der Waals surface area contributed by atoms with Crippen LogP contribution in [-0.4, -0.2) is 83.8 Å². The lowest BCUT2D eigenvalue weighted by Gasteiger charge is -2.29. The van der Waals surface area contributed by atoms with Crippen LogP contribution in [0.1, 0.15) is 46.0 Å². The molecule has 12 heteroatoms. The summed E-state index contributed by atoms with van der Waals surface area (Å²) in [6, 6.07) is 0.252. The van der Waals surface area contributed by atoms with E-state index < -0.39 is 10.7 Å². The van der Waals surface area contributed by atoms with Gasteiger partial charge in [-0.05, 0) is 26.2 Å². The van der Waals surface area contributed by atoms with Crippen LogP contribution in [0.25, 0.3) is 0 Å². The Morgan fingerprint density at radius 2 is 1.97 bits per heavy atom. The lowest BCUT2D eigenvalue weighted by molar-refractivity contribution is -0.123. The number of hydrogen-bond donors (Lipinski definition) is 4. The molecule has 0 spiro atoms. The number of carbonyl (C=O) groups excluding carboxylic acids is 4. The highest BCUT2D eigenvalue weighted by Crippen LogP contribution is 2.33. The van der Waals surface area contributed by atoms with E-state index in [1.165, 1.54) is 6.92 Å². The first-order chi connectivity index (χ1) is 15.8. The van der Waals surface area contributed by atoms with Crippen LogP contribution in [0.3, 0.4) is 0 Å². The SMILES string of the molecule is CCOCCOCCC(CNC(=O)CCCC[C@@H]1SC[C@@H]2NC(=O)N[C@@H]21)(SC(C)=O)C(N)=O. The summed E-state index contributed by atoms with van der Waals surface area (Å²) in [6.07, 6.45) is 3.01. The number of thioether (sulfide) groups is 2. The van der Waals surface area contributed by atoms with E-state index in [1.54, 1.807) is 0 Å². The maximum absolute atomic E-state index is 12.4. The van der Waals surface area contributed by atoms with E-state index in [4.69, 9.17) is 15.2 Å². The van der Waals surface area contributed by atoms with Gasteiger partial charge in [-0.1, -0.05) is 18.2 Å². The average molecular weight is 505 g/mol. The standard InChI is InChI=1S/C21H36N4O6S2/c1-3-30-10-11-31-9-8-21(19(22)28,33-14(2)26)13-23-17(27)7-5-4-6-16-18-15(12-32-16)24-20(29)25-18/h15-16,18H,3-13H2,1-2H3,(H2,22,28)(H,23,27)(H2,24,25,29)/t15-,16-,18-,21?/m0/s1. The maximum Gasteiger partial charge on any atom is 0.315 e. The summed E-state index contributed by atoms with van der Waals surface area (Å²) in [5, 5.41) is 8.77. The van der Waals surface area contributed by atoms with Gasteiger partial charge in [0.25, 0.3) is 0 Å². The molecular formula is C21H36N4O6S2. The van der Waals surface area contributed by atoms with Crippen LogP contribution in [0.15, 0.2) is 0 Å². The van der Waals surface area contributed by atoms with Crippen molar-refractivity contribution >= 4 is 46.5 Å². The minimum atomic E-state index is -1.25. The fourth-order valence-corrected chi connectivity index (χ4v) is 6.44. The van der Waals surface area contributed by atoms with Gasteiger partial charge < -0.3 is 31.2 Å². The van der Waals surface area contributed by atoms with E-state index in [-0.39, 0.29) is 48.7 Å². The van der Waals surface area contributed by atoms with Gasteiger partial charge in [0.15, 0.2) is 5.12 Å². The van der Waals surface area contributed by atoms with Gasteiger partial charge in [0.1, 0.15) is 4.75 Å². The second-order valence-electron chi connectivity index (χ2n) is 8.16. The second-order valence-corrected chi connectivity index (χ2v) is 11.0. The predicted molar refractivity (Wildman–Crippen MR) is 129 cm³/mol. The van der Waals surface area contributed by atoms with Crippen LogP contribution in [-0.2, 0) is 23.9 Å². The Hall–Kier alpha value is -1.50. The molecule has 2 heterocycles. The molecule has 0 bridgehead atoms. The second kappa shape index (κ2) is 14.0. The van der Waals surface area contributed by atoms with Crippen molar-refractivity contribution in [2.45, 2.75) is 68.0 Å². The molecular weight excluding hydrogens is 468 g/mol. The number of ether oxygens (including phenoxy) is 2. The number of rotatable bonds is 16. The number of urea groups is 1. The monoisotopic (exact) mass is 504 g/mol. The molecule has 4 amide bonds. The number of amides is 4. The Bertz CT molecular complexity index is 698. The molecule has 0 aromatic heterocycles. The molecule has 0 aliphatic carbocycles. The number of unbranched alkanes of at least 4 members (excludes halogenated alkanes) is 1. The first-order valence-electron chi connectivity index (χ1n) is 11.4. The van der Waals surface area contributed by atoms with Gasteiger partial charge in [-0.25, -0.2) is 4.79 Å². The van der Waals surface area contributed by atoms with Gasteiger partial charge in [-0.3, -0.25) is 14.4 Å². The molecule has 0 aromatic carbocycles. The fourth-order valence-electron chi connectivity index (χ4n) is 3.92. The van der Waals surface area contributed by atoms with Gasteiger partial charge in [0.2, 0.25) is 11.8 Å². The van der Waals surface area contributed by atoms with Crippen molar-refractivity contribution in [1.29, 1.82) is 0 Å². The molecule has 0 radical (unpaired) electrons. The topological polar surface area (TPSA) is 149 Å². The first-order valence-corrected chi connectivity index (χ1v) is 13.2. The molecule has 2 aliphatic rings. The molecule has 0 saturated carbocycles. The number of fused-ring (bicyclic) bond motifs is 1. The molecule has 4 atom stereocenters. The van der Waals surface area contributed by atoms with Gasteiger partial charge in [0, 0.05) is 44.1 Å². The Morgan fingerprint density at radius 3 is 2.67 bits per heavy atom. The summed E-state index contributed by atoms with van der Waals surface area (Å²) >= 11 is 2.68. The van der Waals surface area contributed by atoms with E-state index in [0.29, 0.717) is 37.9 Å². The number of primary amides is 1. The molecule has 2 aliphatic heterocycles. The summed E-state index contributed by atoms with van der Waals surface area (Å²) in [6.45, 7) is 4.86. The summed E-state index contributed by atoms with van der Waals surface area (Å²) in [5.41, 5.74) is 5.63. The van der Waals surface area contributed by atoms with Crippen molar-refractivity contribution < 1.29 is 28.7 Å². The molecule has 188 valence electrons. The van der Waals surface area contributed by atoms with E-state index in [0.717, 1.165) is 30.4 Å². The molecule has 33 heavy (non-hydrogen) atoms. The third-order valence-electron chi connectivity index (χ3n) is 5.67.